The van der Waals surface area contributed by atoms with Gasteiger partial charge in [0.2, 0.25) is 6.41 Å². The van der Waals surface area contributed by atoms with Gasteiger partial charge in [-0.1, -0.05) is 6.07 Å². The third-order valence-electron chi connectivity index (χ3n) is 5.83. The fourth-order valence-corrected chi connectivity index (χ4v) is 4.71. The molecule has 1 aromatic heterocycles. The Morgan fingerprint density at radius 2 is 2.17 bits per heavy atom. The van der Waals surface area contributed by atoms with Crippen LogP contribution in [0.4, 0.5) is 5.82 Å². The van der Waals surface area contributed by atoms with Gasteiger partial charge in [0, 0.05) is 25.2 Å². The number of aromatic nitrogens is 1. The van der Waals surface area contributed by atoms with Crippen molar-refractivity contribution in [2.45, 2.75) is 69.4 Å². The summed E-state index contributed by atoms with van der Waals surface area (Å²) in [7, 11) is 0. The molecular formula is C21H34N4O3S. The van der Waals surface area contributed by atoms with E-state index in [1.165, 1.54) is 0 Å². The number of hydrogen-bond donors (Lipinski definition) is 1. The summed E-state index contributed by atoms with van der Waals surface area (Å²) in [6.45, 7) is 11.2. The van der Waals surface area contributed by atoms with Crippen LogP contribution in [0.1, 0.15) is 47.0 Å². The van der Waals surface area contributed by atoms with E-state index in [1.54, 1.807) is 0 Å². The first-order chi connectivity index (χ1) is 13.7. The normalized spacial score (nSPS) is 25.3. The van der Waals surface area contributed by atoms with Crippen molar-refractivity contribution in [1.82, 2.24) is 9.88 Å². The van der Waals surface area contributed by atoms with Gasteiger partial charge in [-0.3, -0.25) is 9.93 Å². The third-order valence-corrected chi connectivity index (χ3v) is 6.30. The number of rotatable bonds is 9. The molecule has 0 spiro atoms. The molecule has 2 aliphatic heterocycles. The zero-order valence-electron chi connectivity index (χ0n) is 18.0. The summed E-state index contributed by atoms with van der Waals surface area (Å²) in [4.78, 5) is 20.2. The molecule has 2 N–H and O–H groups in total. The number of nitrogens with zero attached hydrogens (tertiary/aromatic N) is 3. The second-order valence-electron chi connectivity index (χ2n) is 9.13. The Morgan fingerprint density at radius 3 is 2.79 bits per heavy atom. The predicted molar refractivity (Wildman–Crippen MR) is 116 cm³/mol. The van der Waals surface area contributed by atoms with Gasteiger partial charge >= 0.3 is 0 Å². The van der Waals surface area contributed by atoms with E-state index in [2.05, 4.69) is 23.7 Å². The average molecular weight is 423 g/mol. The van der Waals surface area contributed by atoms with E-state index in [1.807, 2.05) is 36.9 Å². The molecule has 1 aromatic rings. The van der Waals surface area contributed by atoms with Gasteiger partial charge in [0.1, 0.15) is 16.9 Å². The van der Waals surface area contributed by atoms with Crippen molar-refractivity contribution in [1.29, 1.82) is 0 Å². The molecule has 2 fully saturated rings. The molecule has 0 bridgehead atoms. The molecule has 8 heteroatoms. The molecule has 2 atom stereocenters. The van der Waals surface area contributed by atoms with Gasteiger partial charge in [0.25, 0.3) is 0 Å². The number of ether oxygens (including phenoxy) is 2. The first-order valence-corrected chi connectivity index (χ1v) is 11.2. The Bertz CT molecular complexity index is 700. The molecular weight excluding hydrogens is 388 g/mol. The Balaban J connectivity index is 1.61. The standard InChI is InChI=1S/C21H34N4O3S/c1-20(2)11-16(12-25(20)15-26)7-6-10-24(13-17-14-27-21(3,4)28-17)18-8-5-9-19(23-18)29-22/h5,8-9,15-17H,6-7,10-14,22H2,1-4H3. The van der Waals surface area contributed by atoms with Crippen LogP contribution in [-0.2, 0) is 14.3 Å². The monoisotopic (exact) mass is 422 g/mol. The van der Waals surface area contributed by atoms with Crippen molar-refractivity contribution < 1.29 is 14.3 Å². The minimum atomic E-state index is -0.535. The van der Waals surface area contributed by atoms with Gasteiger partial charge in [-0.15, -0.1) is 0 Å². The van der Waals surface area contributed by atoms with Crippen molar-refractivity contribution in [3.05, 3.63) is 18.2 Å². The van der Waals surface area contributed by atoms with Gasteiger partial charge in [-0.2, -0.15) is 0 Å². The molecule has 0 aromatic carbocycles. The Kier molecular flexibility index (Phi) is 7.09. The molecule has 0 aliphatic carbocycles. The highest BCUT2D eigenvalue weighted by Crippen LogP contribution is 2.34. The summed E-state index contributed by atoms with van der Waals surface area (Å²) in [5.41, 5.74) is -0.0407. The summed E-state index contributed by atoms with van der Waals surface area (Å²) < 4.78 is 11.8. The van der Waals surface area contributed by atoms with Crippen molar-refractivity contribution >= 4 is 24.2 Å². The fourth-order valence-electron chi connectivity index (χ4n) is 4.41. The maximum absolute atomic E-state index is 11.3. The Labute approximate surface area is 178 Å². The molecule has 2 aliphatic rings. The topological polar surface area (TPSA) is 80.9 Å². The number of likely N-dealkylation sites (tertiary alicyclic amines) is 1. The molecule has 1 amide bonds. The van der Waals surface area contributed by atoms with E-state index >= 15 is 0 Å². The van der Waals surface area contributed by atoms with E-state index < -0.39 is 5.79 Å². The molecule has 29 heavy (non-hydrogen) atoms. The molecule has 7 nitrogen and oxygen atoms in total. The zero-order valence-corrected chi connectivity index (χ0v) is 18.8. The van der Waals surface area contributed by atoms with Crippen molar-refractivity contribution in [3.8, 4) is 0 Å². The first kappa shape index (κ1) is 22.3. The molecule has 2 unspecified atom stereocenters. The minimum absolute atomic E-state index is 0.0111. The summed E-state index contributed by atoms with van der Waals surface area (Å²) in [6, 6.07) is 5.93. The lowest BCUT2D eigenvalue weighted by molar-refractivity contribution is -0.137. The van der Waals surface area contributed by atoms with Crippen LogP contribution in [0.25, 0.3) is 0 Å². The van der Waals surface area contributed by atoms with Crippen molar-refractivity contribution in [2.75, 3.05) is 31.1 Å². The minimum Gasteiger partial charge on any atom is -0.354 e. The van der Waals surface area contributed by atoms with Gasteiger partial charge in [-0.25, -0.2) is 4.98 Å². The maximum atomic E-state index is 11.3. The maximum Gasteiger partial charge on any atom is 0.210 e. The largest absolute Gasteiger partial charge is 0.354 e. The molecule has 0 saturated carbocycles. The summed E-state index contributed by atoms with van der Waals surface area (Å²) >= 11 is 1.16. The Hall–Kier alpha value is -1.35. The summed E-state index contributed by atoms with van der Waals surface area (Å²) in [6.07, 6.45) is 4.18. The number of hydrogen-bond acceptors (Lipinski definition) is 7. The smallest absolute Gasteiger partial charge is 0.210 e. The van der Waals surface area contributed by atoms with Gasteiger partial charge in [0.15, 0.2) is 5.79 Å². The summed E-state index contributed by atoms with van der Waals surface area (Å²) in [5, 5.41) is 6.51. The molecule has 2 saturated heterocycles. The molecule has 0 radical (unpaired) electrons. The number of amides is 1. The van der Waals surface area contributed by atoms with Crippen molar-refractivity contribution in [2.24, 2.45) is 11.1 Å². The lowest BCUT2D eigenvalue weighted by atomic mass is 9.93. The van der Waals surface area contributed by atoms with E-state index in [0.717, 1.165) is 68.1 Å². The fraction of sp³-hybridized carbons (Fsp3) is 0.714. The van der Waals surface area contributed by atoms with Gasteiger partial charge < -0.3 is 19.3 Å². The zero-order chi connectivity index (χ0) is 21.1. The number of nitrogens with two attached hydrogens (primary N) is 1. The third kappa shape index (κ3) is 5.84. The van der Waals surface area contributed by atoms with E-state index in [-0.39, 0.29) is 11.6 Å². The van der Waals surface area contributed by atoms with Crippen LogP contribution in [0.15, 0.2) is 23.2 Å². The molecule has 3 heterocycles. The van der Waals surface area contributed by atoms with E-state index in [9.17, 15) is 4.79 Å². The predicted octanol–water partition coefficient (Wildman–Crippen LogP) is 3.04. The lowest BCUT2D eigenvalue weighted by Crippen LogP contribution is -2.36. The molecule has 162 valence electrons. The van der Waals surface area contributed by atoms with Crippen LogP contribution in [0, 0.1) is 5.92 Å². The highest BCUT2D eigenvalue weighted by atomic mass is 32.2. The lowest BCUT2D eigenvalue weighted by Gasteiger charge is -2.27. The van der Waals surface area contributed by atoms with Gasteiger partial charge in [0.05, 0.1) is 6.61 Å². The van der Waals surface area contributed by atoms with Crippen LogP contribution >= 0.6 is 11.9 Å². The van der Waals surface area contributed by atoms with Gasteiger partial charge in [-0.05, 0) is 77.0 Å². The quantitative estimate of drug-likeness (QED) is 0.484. The van der Waals surface area contributed by atoms with Crippen LogP contribution < -0.4 is 10.0 Å². The van der Waals surface area contributed by atoms with Crippen LogP contribution in [0.2, 0.25) is 0 Å². The highest BCUT2D eigenvalue weighted by molar-refractivity contribution is 7.97. The number of anilines is 1. The SMILES string of the molecule is CC1(C)OCC(CN(CCCC2CN(C=O)C(C)(C)C2)c2cccc(SN)n2)O1. The van der Waals surface area contributed by atoms with Crippen LogP contribution in [-0.4, -0.2) is 60.0 Å². The average Bonchev–Trinajstić information content (AvgIpc) is 3.17. The second-order valence-corrected chi connectivity index (χ2v) is 9.79. The Morgan fingerprint density at radius 1 is 1.38 bits per heavy atom. The number of pyridine rings is 1. The van der Waals surface area contributed by atoms with Crippen LogP contribution in [0.3, 0.4) is 0 Å². The number of carbonyl (C=O) groups excluding carboxylic acids is 1. The summed E-state index contributed by atoms with van der Waals surface area (Å²) in [5.74, 6) is 0.919. The van der Waals surface area contributed by atoms with Crippen molar-refractivity contribution in [3.63, 3.8) is 0 Å². The second kappa shape index (κ2) is 9.20. The van der Waals surface area contributed by atoms with E-state index in [4.69, 9.17) is 14.6 Å². The molecule has 3 rings (SSSR count). The number of carbonyl (C=O) groups is 1. The van der Waals surface area contributed by atoms with Crippen LogP contribution in [0.5, 0.6) is 0 Å². The highest BCUT2D eigenvalue weighted by Gasteiger charge is 2.37. The first-order valence-electron chi connectivity index (χ1n) is 10.3. The van der Waals surface area contributed by atoms with E-state index in [0.29, 0.717) is 12.5 Å².